The summed E-state index contributed by atoms with van der Waals surface area (Å²) in [7, 11) is 1.73. The number of aromatic amines is 1. The Hall–Kier alpha value is -2.83. The highest BCUT2D eigenvalue weighted by molar-refractivity contribution is 5.81. The van der Waals surface area contributed by atoms with E-state index in [-0.39, 0.29) is 54.0 Å². The summed E-state index contributed by atoms with van der Waals surface area (Å²) < 4.78 is 0. The lowest BCUT2D eigenvalue weighted by Gasteiger charge is -2.56. The zero-order chi connectivity index (χ0) is 33.8. The molecule has 7 aliphatic carbocycles. The van der Waals surface area contributed by atoms with Crippen LogP contribution in [0.3, 0.4) is 0 Å². The summed E-state index contributed by atoms with van der Waals surface area (Å²) in [5.74, 6) is 8.17. The van der Waals surface area contributed by atoms with Crippen LogP contribution in [0.5, 0.6) is 0 Å². The number of para-hydroxylation sites is 1. The fourth-order valence-electron chi connectivity index (χ4n) is 12.3. The monoisotopic (exact) mass is 668 g/mol. The summed E-state index contributed by atoms with van der Waals surface area (Å²) in [6, 6.07) is 10.3. The van der Waals surface area contributed by atoms with Crippen molar-refractivity contribution >= 4 is 16.9 Å². The third-order valence-electron chi connectivity index (χ3n) is 14.2. The number of hydrogen-bond donors (Lipinski definition) is 7. The van der Waals surface area contributed by atoms with Crippen LogP contribution in [0, 0.1) is 52.8 Å². The molecule has 0 radical (unpaired) electrons. The molecule has 10 atom stereocenters. The fraction of sp³-hybridized carbons (Fsp3) is 0.683. The van der Waals surface area contributed by atoms with Crippen molar-refractivity contribution in [2.45, 2.75) is 113 Å². The van der Waals surface area contributed by atoms with Crippen molar-refractivity contribution < 1.29 is 20.4 Å². The van der Waals surface area contributed by atoms with Crippen LogP contribution in [-0.4, -0.2) is 74.9 Å². The van der Waals surface area contributed by atoms with E-state index in [9.17, 15) is 20.4 Å². The number of allylic oxidation sites excluding steroid dienone is 2. The average molecular weight is 669 g/mol. The van der Waals surface area contributed by atoms with Gasteiger partial charge in [-0.05, 0) is 105 Å². The number of fused-ring (bicyclic) bond motifs is 2. The molecule has 0 amide bonds. The van der Waals surface area contributed by atoms with E-state index in [1.54, 1.807) is 7.05 Å². The number of guanidine groups is 1. The molecule has 1 aromatic heterocycles. The maximum atomic E-state index is 13.5. The molecule has 1 spiro atoms. The second kappa shape index (κ2) is 13.1. The first-order valence-corrected chi connectivity index (χ1v) is 19.3. The number of aromatic nitrogens is 1. The molecule has 0 aliphatic heterocycles. The highest BCUT2D eigenvalue weighted by Gasteiger charge is 2.72. The maximum Gasteiger partial charge on any atom is 0.191 e. The topological polar surface area (TPSA) is 133 Å². The summed E-state index contributed by atoms with van der Waals surface area (Å²) >= 11 is 0. The third kappa shape index (κ3) is 5.37. The van der Waals surface area contributed by atoms with Crippen LogP contribution in [0.1, 0.15) is 89.2 Å². The van der Waals surface area contributed by atoms with Gasteiger partial charge in [-0.2, -0.15) is 0 Å². The summed E-state index contributed by atoms with van der Waals surface area (Å²) in [6.45, 7) is 0.659. The van der Waals surface area contributed by atoms with Crippen LogP contribution in [0.4, 0.5) is 0 Å². The van der Waals surface area contributed by atoms with Gasteiger partial charge in [-0.1, -0.05) is 61.0 Å². The van der Waals surface area contributed by atoms with E-state index in [1.807, 2.05) is 0 Å². The fourth-order valence-corrected chi connectivity index (χ4v) is 12.3. The predicted molar refractivity (Wildman–Crippen MR) is 193 cm³/mol. The quantitative estimate of drug-likeness (QED) is 0.0744. The van der Waals surface area contributed by atoms with Crippen LogP contribution in [0.25, 0.3) is 10.9 Å². The number of benzene rings is 1. The highest BCUT2D eigenvalue weighted by Crippen LogP contribution is 2.71. The zero-order valence-corrected chi connectivity index (χ0v) is 29.1. The van der Waals surface area contributed by atoms with Gasteiger partial charge in [0, 0.05) is 55.6 Å². The third-order valence-corrected chi connectivity index (χ3v) is 14.2. The number of aliphatic imine (C=N–C) groups is 1. The Bertz CT molecular complexity index is 1620. The average Bonchev–Trinajstić information content (AvgIpc) is 3.59. The minimum absolute atomic E-state index is 0.0899. The maximum absolute atomic E-state index is 13.5. The van der Waals surface area contributed by atoms with Gasteiger partial charge in [0.05, 0.1) is 23.3 Å². The van der Waals surface area contributed by atoms with Gasteiger partial charge in [0.2, 0.25) is 0 Å². The van der Waals surface area contributed by atoms with Crippen LogP contribution in [0.2, 0.25) is 0 Å². The molecule has 2 aromatic rings. The van der Waals surface area contributed by atoms with E-state index in [1.165, 1.54) is 23.1 Å². The Kier molecular flexibility index (Phi) is 8.88. The SMILES string of the molecule is CN=C(NCCCO)NC1C#CC2CCC=C(Cc3cc4ccccc4[nH]3)C23CC2CCC3C3C(CC(O)C3(O)C1)C2(O)C1CCCCC1. The molecule has 7 N–H and O–H groups in total. The number of aliphatic hydroxyl groups excluding tert-OH is 2. The Morgan fingerprint density at radius 1 is 1.00 bits per heavy atom. The Balaban J connectivity index is 1.27. The van der Waals surface area contributed by atoms with Crippen LogP contribution < -0.4 is 10.6 Å². The first kappa shape index (κ1) is 33.3. The van der Waals surface area contributed by atoms with Crippen molar-refractivity contribution in [1.82, 2.24) is 15.6 Å². The molecule has 9 rings (SSSR count). The normalized spacial score (nSPS) is 40.3. The second-order valence-corrected chi connectivity index (χ2v) is 16.4. The summed E-state index contributed by atoms with van der Waals surface area (Å²) in [4.78, 5) is 8.16. The number of aliphatic hydroxyl groups is 4. The summed E-state index contributed by atoms with van der Waals surface area (Å²) in [5.41, 5.74) is 1.16. The summed E-state index contributed by atoms with van der Waals surface area (Å²) in [5, 5.41) is 56.1. The van der Waals surface area contributed by atoms with Crippen molar-refractivity contribution in [3.05, 3.63) is 47.7 Å². The lowest BCUT2D eigenvalue weighted by Crippen LogP contribution is -2.56. The molecule has 4 bridgehead atoms. The van der Waals surface area contributed by atoms with Gasteiger partial charge in [0.1, 0.15) is 0 Å². The largest absolute Gasteiger partial charge is 0.396 e. The second-order valence-electron chi connectivity index (χ2n) is 16.4. The number of H-pyrrole nitrogens is 1. The molecule has 8 heteroatoms. The van der Waals surface area contributed by atoms with Crippen molar-refractivity contribution in [3.8, 4) is 11.8 Å². The number of hydrogen-bond acceptors (Lipinski definition) is 5. The van der Waals surface area contributed by atoms with Gasteiger partial charge >= 0.3 is 0 Å². The molecule has 10 unspecified atom stereocenters. The molecule has 5 saturated carbocycles. The minimum Gasteiger partial charge on any atom is -0.396 e. The zero-order valence-electron chi connectivity index (χ0n) is 29.1. The van der Waals surface area contributed by atoms with Crippen LogP contribution >= 0.6 is 0 Å². The predicted octanol–water partition coefficient (Wildman–Crippen LogP) is 4.83. The summed E-state index contributed by atoms with van der Waals surface area (Å²) in [6.07, 6.45) is 14.0. The molecular weight excluding hydrogens is 612 g/mol. The van der Waals surface area contributed by atoms with Crippen LogP contribution in [0.15, 0.2) is 47.0 Å². The first-order valence-electron chi connectivity index (χ1n) is 19.3. The van der Waals surface area contributed by atoms with Gasteiger partial charge in [-0.25, -0.2) is 0 Å². The van der Waals surface area contributed by atoms with Gasteiger partial charge in [-0.15, -0.1) is 0 Å². The van der Waals surface area contributed by atoms with E-state index < -0.39 is 23.3 Å². The van der Waals surface area contributed by atoms with E-state index in [0.29, 0.717) is 25.3 Å². The molecule has 1 heterocycles. The van der Waals surface area contributed by atoms with E-state index in [4.69, 9.17) is 0 Å². The highest BCUT2D eigenvalue weighted by atomic mass is 16.3. The Morgan fingerprint density at radius 3 is 2.63 bits per heavy atom. The van der Waals surface area contributed by atoms with Crippen molar-refractivity contribution in [2.24, 2.45) is 45.9 Å². The Labute approximate surface area is 291 Å². The van der Waals surface area contributed by atoms with E-state index in [2.05, 4.69) is 68.9 Å². The molecule has 8 nitrogen and oxygen atoms in total. The number of nitrogens with zero attached hydrogens (tertiary/aromatic N) is 1. The number of rotatable bonds is 7. The van der Waals surface area contributed by atoms with E-state index in [0.717, 1.165) is 69.7 Å². The lowest BCUT2D eigenvalue weighted by atomic mass is 9.48. The molecule has 5 fully saturated rings. The number of nitrogens with one attached hydrogen (secondary N) is 3. The van der Waals surface area contributed by atoms with Crippen molar-refractivity contribution in [2.75, 3.05) is 20.2 Å². The molecule has 49 heavy (non-hydrogen) atoms. The first-order chi connectivity index (χ1) is 23.8. The molecule has 1 aromatic carbocycles. The van der Waals surface area contributed by atoms with Gasteiger partial charge in [0.15, 0.2) is 5.96 Å². The van der Waals surface area contributed by atoms with Crippen molar-refractivity contribution in [3.63, 3.8) is 0 Å². The molecule has 0 saturated heterocycles. The van der Waals surface area contributed by atoms with Crippen LogP contribution in [-0.2, 0) is 6.42 Å². The lowest BCUT2D eigenvalue weighted by molar-refractivity contribution is -0.142. The Morgan fingerprint density at radius 2 is 1.84 bits per heavy atom. The van der Waals surface area contributed by atoms with Gasteiger partial charge < -0.3 is 36.0 Å². The smallest absolute Gasteiger partial charge is 0.191 e. The van der Waals surface area contributed by atoms with Gasteiger partial charge in [0.25, 0.3) is 0 Å². The molecular formula is C41H56N4O4. The van der Waals surface area contributed by atoms with Gasteiger partial charge in [-0.3, -0.25) is 4.99 Å². The van der Waals surface area contributed by atoms with E-state index >= 15 is 0 Å². The standard InChI is InChI=1S/C41H56N4O4/c1-42-38(43-19-8-20-46)45-31-17-15-27-12-7-13-29(22-32-21-26-9-5-6-14-35(26)44-32)39(27)24-30-16-18-33(39)37-34(23-36(47)40(37,48)25-31)41(30,49)28-10-3-2-4-11-28/h5-6,9,13-14,21,27-28,30-31,33-34,36-37,44,46-49H,2-4,7-8,10-12,16,18-20,22-25H2,1H3,(H2,42,43,45). The minimum atomic E-state index is -1.40. The van der Waals surface area contributed by atoms with Crippen molar-refractivity contribution in [1.29, 1.82) is 0 Å². The molecule has 7 aliphatic rings. The molecule has 264 valence electrons.